The van der Waals surface area contributed by atoms with Crippen molar-refractivity contribution in [2.75, 3.05) is 13.1 Å². The number of nitrogens with one attached hydrogen (secondary N) is 1. The Morgan fingerprint density at radius 1 is 1.03 bits per heavy atom. The summed E-state index contributed by atoms with van der Waals surface area (Å²) in [7, 11) is 0. The molecule has 2 saturated carbocycles. The number of fused-ring (bicyclic) bond motifs is 1. The normalized spacial score (nSPS) is 22.5. The van der Waals surface area contributed by atoms with Crippen LogP contribution in [0.3, 0.4) is 0 Å². The molecular weight excluding hydrogens is 424 g/mol. The van der Waals surface area contributed by atoms with Gasteiger partial charge in [-0.25, -0.2) is 4.68 Å². The van der Waals surface area contributed by atoms with Crippen molar-refractivity contribution in [3.63, 3.8) is 0 Å². The van der Waals surface area contributed by atoms with Gasteiger partial charge < -0.3 is 4.98 Å². The molecule has 1 N–H and O–H groups in total. The number of rotatable bonds is 4. The lowest BCUT2D eigenvalue weighted by Crippen LogP contribution is -2.47. The van der Waals surface area contributed by atoms with Gasteiger partial charge >= 0.3 is 0 Å². The van der Waals surface area contributed by atoms with Gasteiger partial charge in [-0.2, -0.15) is 0 Å². The lowest BCUT2D eigenvalue weighted by Gasteiger charge is -2.47. The van der Waals surface area contributed by atoms with Gasteiger partial charge in [-0.3, -0.25) is 9.69 Å². The average Bonchev–Trinajstić information content (AvgIpc) is 3.53. The van der Waals surface area contributed by atoms with E-state index in [4.69, 9.17) is 0 Å². The smallest absolute Gasteiger partial charge is 0.253 e. The third kappa shape index (κ3) is 3.98. The van der Waals surface area contributed by atoms with Crippen LogP contribution < -0.4 is 5.56 Å². The van der Waals surface area contributed by atoms with Crippen molar-refractivity contribution < 1.29 is 0 Å². The molecular formula is C27H36N6O. The molecule has 7 heteroatoms. The Kier molecular flexibility index (Phi) is 5.76. The van der Waals surface area contributed by atoms with Crippen LogP contribution in [0, 0.1) is 12.3 Å². The number of aryl methyl sites for hydroxylation is 1. The summed E-state index contributed by atoms with van der Waals surface area (Å²) in [5.41, 5.74) is 3.21. The number of likely N-dealkylation sites (tertiary alicyclic amines) is 1. The summed E-state index contributed by atoms with van der Waals surface area (Å²) >= 11 is 0. The highest BCUT2D eigenvalue weighted by Crippen LogP contribution is 2.46. The number of piperidine rings is 1. The van der Waals surface area contributed by atoms with Crippen LogP contribution in [0.25, 0.3) is 10.9 Å². The van der Waals surface area contributed by atoms with Gasteiger partial charge in [0.2, 0.25) is 0 Å². The molecule has 3 aliphatic rings. The second kappa shape index (κ2) is 8.91. The monoisotopic (exact) mass is 460 g/mol. The fraction of sp³-hybridized carbons (Fsp3) is 0.630. The first kappa shape index (κ1) is 22.0. The summed E-state index contributed by atoms with van der Waals surface area (Å²) in [6, 6.07) is 8.43. The van der Waals surface area contributed by atoms with Crippen LogP contribution in [0.2, 0.25) is 0 Å². The van der Waals surface area contributed by atoms with Gasteiger partial charge in [0.15, 0.2) is 5.82 Å². The Morgan fingerprint density at radius 2 is 1.82 bits per heavy atom. The Bertz CT molecular complexity index is 1210. The largest absolute Gasteiger partial charge is 0.322 e. The molecule has 6 rings (SSSR count). The van der Waals surface area contributed by atoms with E-state index in [0.29, 0.717) is 11.5 Å². The SMILES string of the molecule is Cc1ccc2[nH]c(=O)c([C@@H](c3nnnn3C3CCCC3)N3CCCC4(CCCCC4)C3)cc2c1. The van der Waals surface area contributed by atoms with Gasteiger partial charge in [-0.05, 0) is 91.4 Å². The van der Waals surface area contributed by atoms with Gasteiger partial charge in [0, 0.05) is 17.6 Å². The third-order valence-electron chi connectivity index (χ3n) is 8.73. The minimum Gasteiger partial charge on any atom is -0.322 e. The zero-order chi connectivity index (χ0) is 23.1. The number of benzene rings is 1. The molecule has 0 bridgehead atoms. The van der Waals surface area contributed by atoms with Crippen molar-refractivity contribution in [3.8, 4) is 0 Å². The van der Waals surface area contributed by atoms with E-state index in [0.717, 1.165) is 48.2 Å². The van der Waals surface area contributed by atoms with E-state index < -0.39 is 0 Å². The second-order valence-electron chi connectivity index (χ2n) is 11.1. The second-order valence-corrected chi connectivity index (χ2v) is 11.1. The lowest BCUT2D eigenvalue weighted by molar-refractivity contribution is 0.0335. The zero-order valence-corrected chi connectivity index (χ0v) is 20.3. The first-order chi connectivity index (χ1) is 16.6. The summed E-state index contributed by atoms with van der Waals surface area (Å²) in [5, 5.41) is 14.3. The van der Waals surface area contributed by atoms with Gasteiger partial charge in [0.05, 0.1) is 6.04 Å². The summed E-state index contributed by atoms with van der Waals surface area (Å²) in [6.07, 6.45) is 13.8. The van der Waals surface area contributed by atoms with E-state index in [1.807, 2.05) is 12.1 Å². The predicted molar refractivity (Wildman–Crippen MR) is 133 cm³/mol. The highest BCUT2D eigenvalue weighted by Gasteiger charge is 2.41. The van der Waals surface area contributed by atoms with E-state index in [9.17, 15) is 4.79 Å². The Labute approximate surface area is 200 Å². The molecule has 1 atom stereocenters. The third-order valence-corrected chi connectivity index (χ3v) is 8.73. The number of nitrogens with zero attached hydrogens (tertiary/aromatic N) is 5. The number of hydrogen-bond donors (Lipinski definition) is 1. The molecule has 3 fully saturated rings. The van der Waals surface area contributed by atoms with E-state index in [1.54, 1.807) is 0 Å². The number of tetrazole rings is 1. The quantitative estimate of drug-likeness (QED) is 0.588. The molecule has 2 aliphatic carbocycles. The number of hydrogen-bond acceptors (Lipinski definition) is 5. The van der Waals surface area contributed by atoms with Crippen molar-refractivity contribution in [1.29, 1.82) is 0 Å². The summed E-state index contributed by atoms with van der Waals surface area (Å²) in [4.78, 5) is 19.2. The van der Waals surface area contributed by atoms with E-state index in [-0.39, 0.29) is 11.6 Å². The molecule has 7 nitrogen and oxygen atoms in total. The Morgan fingerprint density at radius 3 is 2.65 bits per heavy atom. The number of aromatic amines is 1. The molecule has 180 valence electrons. The molecule has 34 heavy (non-hydrogen) atoms. The van der Waals surface area contributed by atoms with Crippen molar-refractivity contribution in [1.82, 2.24) is 30.1 Å². The molecule has 2 aromatic heterocycles. The lowest BCUT2D eigenvalue weighted by atomic mass is 9.69. The summed E-state index contributed by atoms with van der Waals surface area (Å²) in [6.45, 7) is 4.11. The highest BCUT2D eigenvalue weighted by atomic mass is 16.1. The van der Waals surface area contributed by atoms with Crippen molar-refractivity contribution in [2.45, 2.75) is 89.6 Å². The molecule has 1 saturated heterocycles. The molecule has 3 aromatic rings. The maximum absolute atomic E-state index is 13.5. The van der Waals surface area contributed by atoms with Crippen LogP contribution in [0.5, 0.6) is 0 Å². The van der Waals surface area contributed by atoms with Crippen LogP contribution in [-0.4, -0.2) is 43.2 Å². The molecule has 0 amide bonds. The van der Waals surface area contributed by atoms with Gasteiger partial charge in [0.25, 0.3) is 5.56 Å². The Hall–Kier alpha value is -2.54. The predicted octanol–water partition coefficient (Wildman–Crippen LogP) is 5.07. The standard InChI is InChI=1S/C27H36N6O/c1-19-10-11-23-20(16-19)17-22(26(34)28-23)24(25-29-30-31-33(25)21-8-3-4-9-21)32-15-7-14-27(18-32)12-5-2-6-13-27/h10-11,16-17,21,24H,2-9,12-15,18H2,1H3,(H,28,34)/t24-/m0/s1. The molecule has 1 aromatic carbocycles. The van der Waals surface area contributed by atoms with Crippen LogP contribution in [0.15, 0.2) is 29.1 Å². The number of pyridine rings is 1. The topological polar surface area (TPSA) is 79.7 Å². The van der Waals surface area contributed by atoms with Crippen LogP contribution in [0.1, 0.15) is 99.7 Å². The molecule has 1 aliphatic heterocycles. The zero-order valence-electron chi connectivity index (χ0n) is 20.3. The maximum Gasteiger partial charge on any atom is 0.253 e. The molecule has 1 spiro atoms. The van der Waals surface area contributed by atoms with Crippen molar-refractivity contribution in [3.05, 3.63) is 51.6 Å². The fourth-order valence-corrected chi connectivity index (χ4v) is 7.01. The van der Waals surface area contributed by atoms with Gasteiger partial charge in [-0.1, -0.05) is 43.7 Å². The van der Waals surface area contributed by atoms with Gasteiger partial charge in [-0.15, -0.1) is 5.10 Å². The molecule has 0 radical (unpaired) electrons. The van der Waals surface area contributed by atoms with E-state index in [1.165, 1.54) is 63.4 Å². The highest BCUT2D eigenvalue weighted by molar-refractivity contribution is 5.79. The van der Waals surface area contributed by atoms with Gasteiger partial charge in [0.1, 0.15) is 6.04 Å². The number of aromatic nitrogens is 5. The first-order valence-corrected chi connectivity index (χ1v) is 13.3. The molecule has 0 unspecified atom stereocenters. The van der Waals surface area contributed by atoms with Crippen molar-refractivity contribution in [2.24, 2.45) is 5.41 Å². The maximum atomic E-state index is 13.5. The van der Waals surface area contributed by atoms with E-state index >= 15 is 0 Å². The van der Waals surface area contributed by atoms with E-state index in [2.05, 4.69) is 49.1 Å². The minimum absolute atomic E-state index is 0.0226. The van der Waals surface area contributed by atoms with Crippen molar-refractivity contribution >= 4 is 10.9 Å². The summed E-state index contributed by atoms with van der Waals surface area (Å²) in [5.74, 6) is 0.845. The number of H-pyrrole nitrogens is 1. The Balaban J connectivity index is 1.47. The summed E-state index contributed by atoms with van der Waals surface area (Å²) < 4.78 is 2.06. The average molecular weight is 461 g/mol. The minimum atomic E-state index is -0.219. The molecule has 3 heterocycles. The fourth-order valence-electron chi connectivity index (χ4n) is 7.01. The van der Waals surface area contributed by atoms with Crippen LogP contribution in [0.4, 0.5) is 0 Å². The van der Waals surface area contributed by atoms with Crippen LogP contribution >= 0.6 is 0 Å². The van der Waals surface area contributed by atoms with Crippen LogP contribution in [-0.2, 0) is 0 Å². The first-order valence-electron chi connectivity index (χ1n) is 13.3.